The molecule has 0 bridgehead atoms. The molecule has 21 heavy (non-hydrogen) atoms. The van der Waals surface area contributed by atoms with Gasteiger partial charge in [0.25, 0.3) is 0 Å². The lowest BCUT2D eigenvalue weighted by Crippen LogP contribution is -2.30. The van der Waals surface area contributed by atoms with Crippen molar-refractivity contribution in [2.45, 2.75) is 46.6 Å². The smallest absolute Gasteiger partial charge is 0.0715 e. The van der Waals surface area contributed by atoms with Crippen LogP contribution in [0.2, 0.25) is 0 Å². The first-order valence-electron chi connectivity index (χ1n) is 7.69. The van der Waals surface area contributed by atoms with E-state index in [1.165, 1.54) is 39.8 Å². The molecule has 0 spiro atoms. The number of nitrogens with one attached hydrogen (secondary N) is 1. The zero-order chi connectivity index (χ0) is 15.4. The number of hydrogen-bond donors (Lipinski definition) is 2. The molecule has 0 saturated heterocycles. The number of aryl methyl sites for hydroxylation is 4. The average molecular weight is 282 g/mol. The molecule has 1 unspecified atom stereocenters. The third-order valence-corrected chi connectivity index (χ3v) is 4.05. The first kappa shape index (κ1) is 15.7. The Kier molecular flexibility index (Phi) is 5.16. The summed E-state index contributed by atoms with van der Waals surface area (Å²) in [4.78, 5) is 0. The lowest BCUT2D eigenvalue weighted by Gasteiger charge is -2.22. The van der Waals surface area contributed by atoms with E-state index in [9.17, 15) is 0 Å². The summed E-state index contributed by atoms with van der Waals surface area (Å²) < 4.78 is 0. The van der Waals surface area contributed by atoms with E-state index in [1.807, 2.05) is 0 Å². The van der Waals surface area contributed by atoms with Crippen LogP contribution < -0.4 is 11.3 Å². The normalized spacial score (nSPS) is 12.4. The Morgan fingerprint density at radius 1 is 1.00 bits per heavy atom. The van der Waals surface area contributed by atoms with E-state index < -0.39 is 0 Å². The molecule has 2 rings (SSSR count). The fraction of sp³-hybridized carbons (Fsp3) is 0.368. The molecule has 2 heteroatoms. The molecule has 0 radical (unpaired) electrons. The Morgan fingerprint density at radius 3 is 2.05 bits per heavy atom. The summed E-state index contributed by atoms with van der Waals surface area (Å²) in [6.45, 7) is 8.65. The van der Waals surface area contributed by atoms with Crippen LogP contribution in [0, 0.1) is 20.8 Å². The van der Waals surface area contributed by atoms with Gasteiger partial charge in [-0.2, -0.15) is 0 Å². The van der Waals surface area contributed by atoms with Gasteiger partial charge < -0.3 is 0 Å². The Labute approximate surface area is 128 Å². The summed E-state index contributed by atoms with van der Waals surface area (Å²) >= 11 is 0. The van der Waals surface area contributed by atoms with Crippen molar-refractivity contribution in [3.63, 3.8) is 0 Å². The Balaban J connectivity index is 2.40. The number of nitrogens with two attached hydrogens (primary N) is 1. The summed E-state index contributed by atoms with van der Waals surface area (Å²) in [5.41, 5.74) is 10.7. The Bertz CT molecular complexity index is 576. The fourth-order valence-electron chi connectivity index (χ4n) is 3.16. The van der Waals surface area contributed by atoms with Crippen LogP contribution >= 0.6 is 0 Å². The molecule has 0 saturated carbocycles. The lowest BCUT2D eigenvalue weighted by atomic mass is 9.90. The SMILES string of the molecule is CCCc1ccc(C(NN)c2c(C)cc(C)cc2C)cc1. The van der Waals surface area contributed by atoms with Crippen LogP contribution in [-0.4, -0.2) is 0 Å². The van der Waals surface area contributed by atoms with E-state index in [0.717, 1.165) is 6.42 Å². The fourth-order valence-corrected chi connectivity index (χ4v) is 3.16. The summed E-state index contributed by atoms with van der Waals surface area (Å²) in [6, 6.07) is 13.3. The zero-order valence-electron chi connectivity index (χ0n) is 13.5. The van der Waals surface area contributed by atoms with Gasteiger partial charge in [0.2, 0.25) is 0 Å². The molecule has 0 aromatic heterocycles. The molecule has 3 N–H and O–H groups in total. The summed E-state index contributed by atoms with van der Waals surface area (Å²) in [6.07, 6.45) is 2.30. The second-order valence-electron chi connectivity index (χ2n) is 5.90. The maximum absolute atomic E-state index is 5.86. The van der Waals surface area contributed by atoms with Crippen molar-refractivity contribution in [2.24, 2.45) is 5.84 Å². The van der Waals surface area contributed by atoms with E-state index >= 15 is 0 Å². The quantitative estimate of drug-likeness (QED) is 0.639. The average Bonchev–Trinajstić information content (AvgIpc) is 2.44. The molecular formula is C19H26N2. The van der Waals surface area contributed by atoms with Crippen molar-refractivity contribution in [3.05, 3.63) is 69.8 Å². The molecule has 0 heterocycles. The highest BCUT2D eigenvalue weighted by atomic mass is 15.2. The minimum absolute atomic E-state index is 0.0428. The van der Waals surface area contributed by atoms with Crippen molar-refractivity contribution < 1.29 is 0 Å². The molecule has 2 aromatic carbocycles. The summed E-state index contributed by atoms with van der Waals surface area (Å²) in [5.74, 6) is 5.86. The molecule has 1 atom stereocenters. The summed E-state index contributed by atoms with van der Waals surface area (Å²) in [5, 5.41) is 0. The van der Waals surface area contributed by atoms with E-state index in [0.29, 0.717) is 0 Å². The van der Waals surface area contributed by atoms with Gasteiger partial charge in [-0.1, -0.05) is 55.3 Å². The third kappa shape index (κ3) is 3.52. The monoisotopic (exact) mass is 282 g/mol. The van der Waals surface area contributed by atoms with Gasteiger partial charge >= 0.3 is 0 Å². The van der Waals surface area contributed by atoms with Crippen molar-refractivity contribution >= 4 is 0 Å². The minimum atomic E-state index is 0.0428. The van der Waals surface area contributed by atoms with E-state index in [4.69, 9.17) is 5.84 Å². The Hall–Kier alpha value is -1.64. The summed E-state index contributed by atoms with van der Waals surface area (Å²) in [7, 11) is 0. The maximum Gasteiger partial charge on any atom is 0.0715 e. The molecule has 0 amide bonds. The first-order chi connectivity index (χ1) is 10.1. The number of benzene rings is 2. The van der Waals surface area contributed by atoms with Gasteiger partial charge in [-0.15, -0.1) is 0 Å². The van der Waals surface area contributed by atoms with Gasteiger partial charge in [-0.25, -0.2) is 5.43 Å². The van der Waals surface area contributed by atoms with Crippen LogP contribution in [0.4, 0.5) is 0 Å². The second kappa shape index (κ2) is 6.88. The molecule has 0 fully saturated rings. The van der Waals surface area contributed by atoms with Gasteiger partial charge in [0.15, 0.2) is 0 Å². The predicted molar refractivity (Wildman–Crippen MR) is 90.3 cm³/mol. The molecule has 2 aromatic rings. The minimum Gasteiger partial charge on any atom is -0.271 e. The van der Waals surface area contributed by atoms with Gasteiger partial charge in [0.1, 0.15) is 0 Å². The number of hydrogen-bond acceptors (Lipinski definition) is 2. The molecule has 2 nitrogen and oxygen atoms in total. The van der Waals surface area contributed by atoms with E-state index in [-0.39, 0.29) is 6.04 Å². The third-order valence-electron chi connectivity index (χ3n) is 4.05. The van der Waals surface area contributed by atoms with Crippen molar-refractivity contribution in [2.75, 3.05) is 0 Å². The van der Waals surface area contributed by atoms with Crippen molar-refractivity contribution in [1.29, 1.82) is 0 Å². The van der Waals surface area contributed by atoms with Gasteiger partial charge in [-0.3, -0.25) is 5.84 Å². The largest absolute Gasteiger partial charge is 0.271 e. The topological polar surface area (TPSA) is 38.0 Å². The van der Waals surface area contributed by atoms with Gasteiger partial charge in [0, 0.05) is 0 Å². The molecule has 0 aliphatic rings. The van der Waals surface area contributed by atoms with Crippen molar-refractivity contribution in [3.8, 4) is 0 Å². The number of hydrazine groups is 1. The van der Waals surface area contributed by atoms with Crippen LogP contribution in [-0.2, 0) is 6.42 Å². The van der Waals surface area contributed by atoms with E-state index in [2.05, 4.69) is 69.5 Å². The van der Waals surface area contributed by atoms with E-state index in [1.54, 1.807) is 0 Å². The molecule has 0 aliphatic heterocycles. The van der Waals surface area contributed by atoms with Crippen LogP contribution in [0.3, 0.4) is 0 Å². The number of rotatable bonds is 5. The highest BCUT2D eigenvalue weighted by Gasteiger charge is 2.17. The molecule has 112 valence electrons. The highest BCUT2D eigenvalue weighted by molar-refractivity contribution is 5.44. The standard InChI is InChI=1S/C19H26N2/c1-5-6-16-7-9-17(10-8-16)19(21-20)18-14(3)11-13(2)12-15(18)4/h7-12,19,21H,5-6,20H2,1-4H3. The van der Waals surface area contributed by atoms with Crippen LogP contribution in [0.5, 0.6) is 0 Å². The predicted octanol–water partition coefficient (Wildman–Crippen LogP) is 4.12. The van der Waals surface area contributed by atoms with Gasteiger partial charge in [0.05, 0.1) is 6.04 Å². The van der Waals surface area contributed by atoms with Crippen LogP contribution in [0.25, 0.3) is 0 Å². The second-order valence-corrected chi connectivity index (χ2v) is 5.90. The molecule has 0 aliphatic carbocycles. The lowest BCUT2D eigenvalue weighted by molar-refractivity contribution is 0.630. The maximum atomic E-state index is 5.86. The van der Waals surface area contributed by atoms with Crippen molar-refractivity contribution in [1.82, 2.24) is 5.43 Å². The zero-order valence-corrected chi connectivity index (χ0v) is 13.5. The van der Waals surface area contributed by atoms with Crippen LogP contribution in [0.1, 0.15) is 52.8 Å². The van der Waals surface area contributed by atoms with Gasteiger partial charge in [-0.05, 0) is 55.0 Å². The Morgan fingerprint density at radius 2 is 1.57 bits per heavy atom. The molecular weight excluding hydrogens is 256 g/mol. The highest BCUT2D eigenvalue weighted by Crippen LogP contribution is 2.28. The first-order valence-corrected chi connectivity index (χ1v) is 7.69. The van der Waals surface area contributed by atoms with Crippen LogP contribution in [0.15, 0.2) is 36.4 Å².